The lowest BCUT2D eigenvalue weighted by molar-refractivity contribution is -0.130. The Morgan fingerprint density at radius 1 is 1.15 bits per heavy atom. The monoisotopic (exact) mass is 373 g/mol. The fourth-order valence-electron chi connectivity index (χ4n) is 3.32. The van der Waals surface area contributed by atoms with E-state index in [1.54, 1.807) is 18.2 Å². The second kappa shape index (κ2) is 7.58. The molecule has 2 aliphatic rings. The van der Waals surface area contributed by atoms with Gasteiger partial charge in [0.2, 0.25) is 12.7 Å². The number of rotatable bonds is 3. The molecule has 6 heteroatoms. The van der Waals surface area contributed by atoms with Gasteiger partial charge >= 0.3 is 0 Å². The predicted molar refractivity (Wildman–Crippen MR) is 99.1 cm³/mol. The number of nitrogens with zero attached hydrogens (tertiary/aromatic N) is 1. The van der Waals surface area contributed by atoms with Gasteiger partial charge in [0.15, 0.2) is 11.5 Å². The second-order valence-electron chi connectivity index (χ2n) is 6.41. The van der Waals surface area contributed by atoms with Gasteiger partial charge in [-0.3, -0.25) is 4.79 Å². The maximum atomic E-state index is 13.8. The molecule has 136 valence electrons. The Hall–Kier alpha value is -2.21. The first kappa shape index (κ1) is 17.2. The van der Waals surface area contributed by atoms with Crippen LogP contribution in [0.15, 0.2) is 42.5 Å². The van der Waals surface area contributed by atoms with E-state index in [-0.39, 0.29) is 24.9 Å². The van der Waals surface area contributed by atoms with Crippen molar-refractivity contribution in [1.82, 2.24) is 4.90 Å². The van der Waals surface area contributed by atoms with E-state index in [9.17, 15) is 9.18 Å². The van der Waals surface area contributed by atoms with Crippen molar-refractivity contribution in [3.05, 3.63) is 59.4 Å². The van der Waals surface area contributed by atoms with E-state index in [0.717, 1.165) is 23.7 Å². The zero-order valence-electron chi connectivity index (χ0n) is 14.3. The van der Waals surface area contributed by atoms with Crippen molar-refractivity contribution in [2.45, 2.75) is 18.1 Å². The third kappa shape index (κ3) is 3.65. The van der Waals surface area contributed by atoms with E-state index in [2.05, 4.69) is 6.07 Å². The lowest BCUT2D eigenvalue weighted by Crippen LogP contribution is -2.34. The van der Waals surface area contributed by atoms with Crippen LogP contribution >= 0.6 is 11.8 Å². The van der Waals surface area contributed by atoms with Gasteiger partial charge in [0.05, 0.1) is 6.42 Å². The molecule has 4 nitrogen and oxygen atoms in total. The summed E-state index contributed by atoms with van der Waals surface area (Å²) in [5, 5.41) is 0.316. The van der Waals surface area contributed by atoms with Crippen molar-refractivity contribution in [3.63, 3.8) is 0 Å². The van der Waals surface area contributed by atoms with Crippen molar-refractivity contribution in [2.75, 3.05) is 25.6 Å². The Bertz CT molecular complexity index is 813. The fraction of sp³-hybridized carbons (Fsp3) is 0.350. The van der Waals surface area contributed by atoms with Crippen LogP contribution in [0, 0.1) is 5.82 Å². The minimum Gasteiger partial charge on any atom is -0.454 e. The normalized spacial score (nSPS) is 19.3. The van der Waals surface area contributed by atoms with Crippen LogP contribution in [0.2, 0.25) is 0 Å². The lowest BCUT2D eigenvalue weighted by atomic mass is 10.1. The number of hydrogen-bond acceptors (Lipinski definition) is 4. The Kier molecular flexibility index (Phi) is 5.02. The van der Waals surface area contributed by atoms with Gasteiger partial charge in [0.1, 0.15) is 5.82 Å². The van der Waals surface area contributed by atoms with Crippen LogP contribution in [0.4, 0.5) is 4.39 Å². The first-order chi connectivity index (χ1) is 12.7. The van der Waals surface area contributed by atoms with Crippen LogP contribution in [0.25, 0.3) is 0 Å². The molecule has 1 fully saturated rings. The van der Waals surface area contributed by atoms with Gasteiger partial charge < -0.3 is 14.4 Å². The van der Waals surface area contributed by atoms with Crippen LogP contribution in [0.3, 0.4) is 0 Å². The van der Waals surface area contributed by atoms with Gasteiger partial charge in [-0.15, -0.1) is 0 Å². The molecular weight excluding hydrogens is 353 g/mol. The molecule has 2 aromatic carbocycles. The highest BCUT2D eigenvalue weighted by Gasteiger charge is 2.24. The zero-order valence-corrected chi connectivity index (χ0v) is 15.1. The molecule has 2 heterocycles. The maximum absolute atomic E-state index is 13.8. The van der Waals surface area contributed by atoms with Crippen LogP contribution in [0.1, 0.15) is 22.8 Å². The summed E-state index contributed by atoms with van der Waals surface area (Å²) in [4.78, 5) is 14.4. The van der Waals surface area contributed by atoms with Crippen LogP contribution in [0.5, 0.6) is 11.5 Å². The van der Waals surface area contributed by atoms with E-state index in [4.69, 9.17) is 9.47 Å². The predicted octanol–water partition coefficient (Wildman–Crippen LogP) is 3.80. The number of benzene rings is 2. The SMILES string of the molecule is O=C(Cc1ccccc1F)N1CCSC(c2ccc3c(c2)OCO3)CC1. The number of amides is 1. The van der Waals surface area contributed by atoms with Gasteiger partial charge in [-0.05, 0) is 35.7 Å². The molecule has 4 rings (SSSR count). The van der Waals surface area contributed by atoms with E-state index in [1.165, 1.54) is 11.6 Å². The third-order valence-electron chi connectivity index (χ3n) is 4.76. The van der Waals surface area contributed by atoms with E-state index in [0.29, 0.717) is 23.9 Å². The van der Waals surface area contributed by atoms with Crippen molar-refractivity contribution in [2.24, 2.45) is 0 Å². The highest BCUT2D eigenvalue weighted by molar-refractivity contribution is 7.99. The highest BCUT2D eigenvalue weighted by Crippen LogP contribution is 2.40. The zero-order chi connectivity index (χ0) is 17.9. The van der Waals surface area contributed by atoms with Crippen LogP contribution in [-0.4, -0.2) is 36.4 Å². The van der Waals surface area contributed by atoms with Gasteiger partial charge in [-0.2, -0.15) is 11.8 Å². The summed E-state index contributed by atoms with van der Waals surface area (Å²) in [6.07, 6.45) is 0.985. The number of thioether (sulfide) groups is 1. The fourth-order valence-corrected chi connectivity index (χ4v) is 4.54. The first-order valence-corrected chi connectivity index (χ1v) is 9.78. The molecule has 0 spiro atoms. The molecular formula is C20H20FNO3S. The number of fused-ring (bicyclic) bond motifs is 1. The molecule has 1 amide bonds. The van der Waals surface area contributed by atoms with Crippen LogP contribution < -0.4 is 9.47 Å². The first-order valence-electron chi connectivity index (χ1n) is 8.73. The molecule has 0 N–H and O–H groups in total. The summed E-state index contributed by atoms with van der Waals surface area (Å²) >= 11 is 1.85. The Balaban J connectivity index is 1.40. The van der Waals surface area contributed by atoms with E-state index in [1.807, 2.05) is 28.8 Å². The minimum absolute atomic E-state index is 0.0120. The summed E-state index contributed by atoms with van der Waals surface area (Å²) in [7, 11) is 0. The summed E-state index contributed by atoms with van der Waals surface area (Å²) in [6, 6.07) is 12.5. The third-order valence-corrected chi connectivity index (χ3v) is 6.09. The summed E-state index contributed by atoms with van der Waals surface area (Å²) in [5.41, 5.74) is 1.66. The lowest BCUT2D eigenvalue weighted by Gasteiger charge is -2.20. The summed E-state index contributed by atoms with van der Waals surface area (Å²) < 4.78 is 24.6. The highest BCUT2D eigenvalue weighted by atomic mass is 32.2. The summed E-state index contributed by atoms with van der Waals surface area (Å²) in [6.45, 7) is 1.65. The average Bonchev–Trinajstić information content (AvgIpc) is 2.98. The van der Waals surface area contributed by atoms with Crippen molar-refractivity contribution in [3.8, 4) is 11.5 Å². The number of ether oxygens (including phenoxy) is 2. The van der Waals surface area contributed by atoms with Gasteiger partial charge in [-0.25, -0.2) is 4.39 Å². The maximum Gasteiger partial charge on any atom is 0.231 e. The minimum atomic E-state index is -0.316. The number of halogens is 1. The van der Waals surface area contributed by atoms with Gasteiger partial charge in [0, 0.05) is 24.1 Å². The molecule has 26 heavy (non-hydrogen) atoms. The van der Waals surface area contributed by atoms with E-state index < -0.39 is 0 Å². The van der Waals surface area contributed by atoms with Gasteiger partial charge in [-0.1, -0.05) is 24.3 Å². The molecule has 0 radical (unpaired) electrons. The Labute approximate surface area is 156 Å². The molecule has 1 saturated heterocycles. The van der Waals surface area contributed by atoms with Crippen LogP contribution in [-0.2, 0) is 11.2 Å². The second-order valence-corrected chi connectivity index (χ2v) is 7.72. The Morgan fingerprint density at radius 3 is 2.88 bits per heavy atom. The number of carbonyl (C=O) groups is 1. The smallest absolute Gasteiger partial charge is 0.231 e. The van der Waals surface area contributed by atoms with Gasteiger partial charge in [0.25, 0.3) is 0 Å². The molecule has 2 aromatic rings. The molecule has 0 bridgehead atoms. The van der Waals surface area contributed by atoms with Crippen molar-refractivity contribution < 1.29 is 18.7 Å². The summed E-state index contributed by atoms with van der Waals surface area (Å²) in [5.74, 6) is 2.11. The quantitative estimate of drug-likeness (QED) is 0.820. The molecule has 0 aliphatic carbocycles. The van der Waals surface area contributed by atoms with E-state index >= 15 is 0 Å². The number of hydrogen-bond donors (Lipinski definition) is 0. The van der Waals surface area contributed by atoms with Crippen molar-refractivity contribution >= 4 is 17.7 Å². The topological polar surface area (TPSA) is 38.8 Å². The Morgan fingerprint density at radius 2 is 2.00 bits per heavy atom. The molecule has 1 unspecified atom stereocenters. The molecule has 0 saturated carbocycles. The van der Waals surface area contributed by atoms with Crippen molar-refractivity contribution in [1.29, 1.82) is 0 Å². The molecule has 0 aromatic heterocycles. The molecule has 2 aliphatic heterocycles. The molecule has 1 atom stereocenters. The standard InChI is InChI=1S/C20H20FNO3S/c21-16-4-2-1-3-14(16)12-20(23)22-8-7-19(26-10-9-22)15-5-6-17-18(11-15)25-13-24-17/h1-6,11,19H,7-10,12-13H2. The largest absolute Gasteiger partial charge is 0.454 e. The average molecular weight is 373 g/mol. The number of carbonyl (C=O) groups excluding carboxylic acids is 1.